The number of thiol groups is 1. The standard InChI is InChI=1S/C8H11NO2S2/c1-4-6(3-7(10)11)13-8(9-4)5(2)12/h5,12H,3H2,1-2H3,(H,10,11). The Balaban J connectivity index is 2.89. The molecule has 1 N–H and O–H groups in total. The first kappa shape index (κ1) is 10.5. The fraction of sp³-hybridized carbons (Fsp3) is 0.500. The molecule has 0 spiro atoms. The van der Waals surface area contributed by atoms with Gasteiger partial charge < -0.3 is 5.11 Å². The predicted octanol–water partition coefficient (Wildman–Crippen LogP) is 2.07. The van der Waals surface area contributed by atoms with Crippen LogP contribution in [0.5, 0.6) is 0 Å². The van der Waals surface area contributed by atoms with Crippen LogP contribution in [0.15, 0.2) is 0 Å². The summed E-state index contributed by atoms with van der Waals surface area (Å²) in [6.07, 6.45) is 0.0595. The molecule has 0 aliphatic carbocycles. The Morgan fingerprint density at radius 2 is 2.38 bits per heavy atom. The van der Waals surface area contributed by atoms with E-state index in [1.165, 1.54) is 11.3 Å². The van der Waals surface area contributed by atoms with Crippen molar-refractivity contribution in [2.75, 3.05) is 0 Å². The van der Waals surface area contributed by atoms with Crippen LogP contribution in [-0.2, 0) is 11.2 Å². The minimum Gasteiger partial charge on any atom is -0.481 e. The third-order valence-electron chi connectivity index (χ3n) is 1.58. The van der Waals surface area contributed by atoms with Gasteiger partial charge in [0.25, 0.3) is 0 Å². The molecule has 0 aliphatic rings. The number of rotatable bonds is 3. The number of thiazole rings is 1. The lowest BCUT2D eigenvalue weighted by Gasteiger charge is -1.94. The van der Waals surface area contributed by atoms with E-state index in [0.717, 1.165) is 15.6 Å². The van der Waals surface area contributed by atoms with Crippen molar-refractivity contribution in [3.05, 3.63) is 15.6 Å². The highest BCUT2D eigenvalue weighted by Crippen LogP contribution is 2.27. The van der Waals surface area contributed by atoms with E-state index in [-0.39, 0.29) is 11.7 Å². The molecular formula is C8H11NO2S2. The van der Waals surface area contributed by atoms with Gasteiger partial charge in [-0.2, -0.15) is 12.6 Å². The number of nitrogens with zero attached hydrogens (tertiary/aromatic N) is 1. The number of hydrogen-bond donors (Lipinski definition) is 2. The van der Waals surface area contributed by atoms with E-state index in [1.54, 1.807) is 0 Å². The van der Waals surface area contributed by atoms with Crippen LogP contribution in [0.1, 0.15) is 27.8 Å². The van der Waals surface area contributed by atoms with Crippen LogP contribution in [0.2, 0.25) is 0 Å². The second-order valence-electron chi connectivity index (χ2n) is 2.81. The van der Waals surface area contributed by atoms with Crippen molar-refractivity contribution in [3.8, 4) is 0 Å². The molecule has 0 saturated heterocycles. The summed E-state index contributed by atoms with van der Waals surface area (Å²) in [6.45, 7) is 3.75. The van der Waals surface area contributed by atoms with Crippen LogP contribution >= 0.6 is 24.0 Å². The monoisotopic (exact) mass is 217 g/mol. The largest absolute Gasteiger partial charge is 0.481 e. The van der Waals surface area contributed by atoms with E-state index >= 15 is 0 Å². The van der Waals surface area contributed by atoms with E-state index in [9.17, 15) is 4.79 Å². The molecule has 1 heterocycles. The molecule has 5 heteroatoms. The Labute approximate surface area is 86.2 Å². The van der Waals surface area contributed by atoms with E-state index in [2.05, 4.69) is 17.6 Å². The van der Waals surface area contributed by atoms with Gasteiger partial charge >= 0.3 is 5.97 Å². The lowest BCUT2D eigenvalue weighted by molar-refractivity contribution is -0.136. The summed E-state index contributed by atoms with van der Waals surface area (Å²) in [6, 6.07) is 0. The maximum atomic E-state index is 10.5. The topological polar surface area (TPSA) is 50.2 Å². The highest BCUT2D eigenvalue weighted by molar-refractivity contribution is 7.80. The van der Waals surface area contributed by atoms with Gasteiger partial charge in [0.05, 0.1) is 17.4 Å². The second kappa shape index (κ2) is 4.11. The fourth-order valence-corrected chi connectivity index (χ4v) is 2.14. The van der Waals surface area contributed by atoms with Crippen molar-refractivity contribution >= 4 is 29.9 Å². The van der Waals surface area contributed by atoms with Gasteiger partial charge in [0.15, 0.2) is 0 Å². The number of carboxylic acid groups (broad SMARTS) is 1. The summed E-state index contributed by atoms with van der Waals surface area (Å²) in [5.41, 5.74) is 0.809. The van der Waals surface area contributed by atoms with Gasteiger partial charge in [-0.3, -0.25) is 4.79 Å². The summed E-state index contributed by atoms with van der Waals surface area (Å²) < 4.78 is 0. The molecule has 1 aromatic rings. The van der Waals surface area contributed by atoms with Gasteiger partial charge in [-0.1, -0.05) is 0 Å². The molecule has 1 atom stereocenters. The van der Waals surface area contributed by atoms with Crippen molar-refractivity contribution in [1.29, 1.82) is 0 Å². The van der Waals surface area contributed by atoms with E-state index in [1.807, 2.05) is 13.8 Å². The summed E-state index contributed by atoms with van der Waals surface area (Å²) in [5, 5.41) is 9.56. The molecule has 0 aliphatic heterocycles. The van der Waals surface area contributed by atoms with Crippen molar-refractivity contribution in [3.63, 3.8) is 0 Å². The Kier molecular flexibility index (Phi) is 3.33. The molecule has 3 nitrogen and oxygen atoms in total. The predicted molar refractivity (Wildman–Crippen MR) is 55.6 cm³/mol. The smallest absolute Gasteiger partial charge is 0.308 e. The molecule has 0 radical (unpaired) electrons. The van der Waals surface area contributed by atoms with E-state index < -0.39 is 5.97 Å². The fourth-order valence-electron chi connectivity index (χ4n) is 0.931. The molecule has 1 rings (SSSR count). The van der Waals surface area contributed by atoms with Crippen LogP contribution < -0.4 is 0 Å². The van der Waals surface area contributed by atoms with Gasteiger partial charge in [0.2, 0.25) is 0 Å². The van der Waals surface area contributed by atoms with Crippen molar-refractivity contribution in [2.24, 2.45) is 0 Å². The highest BCUT2D eigenvalue weighted by Gasteiger charge is 2.12. The Morgan fingerprint density at radius 1 is 1.77 bits per heavy atom. The molecular weight excluding hydrogens is 206 g/mol. The van der Waals surface area contributed by atoms with Crippen molar-refractivity contribution in [1.82, 2.24) is 4.98 Å². The van der Waals surface area contributed by atoms with Crippen molar-refractivity contribution in [2.45, 2.75) is 25.5 Å². The molecule has 1 unspecified atom stereocenters. The Hall–Kier alpha value is -0.550. The first-order valence-corrected chi connectivity index (χ1v) is 5.20. The molecule has 0 saturated carbocycles. The zero-order valence-electron chi connectivity index (χ0n) is 7.44. The van der Waals surface area contributed by atoms with Gasteiger partial charge in [-0.15, -0.1) is 11.3 Å². The zero-order valence-corrected chi connectivity index (χ0v) is 9.15. The number of carboxylic acids is 1. The Bertz CT molecular complexity index is 320. The maximum Gasteiger partial charge on any atom is 0.308 e. The van der Waals surface area contributed by atoms with Crippen LogP contribution in [0.3, 0.4) is 0 Å². The summed E-state index contributed by atoms with van der Waals surface area (Å²) in [7, 11) is 0. The van der Waals surface area contributed by atoms with E-state index in [0.29, 0.717) is 0 Å². The molecule has 0 aromatic carbocycles. The highest BCUT2D eigenvalue weighted by atomic mass is 32.1. The van der Waals surface area contributed by atoms with Gasteiger partial charge in [0.1, 0.15) is 5.01 Å². The van der Waals surface area contributed by atoms with Crippen LogP contribution in [0.25, 0.3) is 0 Å². The van der Waals surface area contributed by atoms with Crippen LogP contribution in [-0.4, -0.2) is 16.1 Å². The number of hydrogen-bond acceptors (Lipinski definition) is 4. The average Bonchev–Trinajstić information content (AvgIpc) is 2.31. The SMILES string of the molecule is Cc1nc(C(C)S)sc1CC(=O)O. The van der Waals surface area contributed by atoms with E-state index in [4.69, 9.17) is 5.11 Å². The van der Waals surface area contributed by atoms with Gasteiger partial charge in [-0.25, -0.2) is 4.98 Å². The average molecular weight is 217 g/mol. The molecule has 0 fully saturated rings. The third-order valence-corrected chi connectivity index (χ3v) is 3.34. The number of aryl methyl sites for hydroxylation is 1. The number of carbonyl (C=O) groups is 1. The second-order valence-corrected chi connectivity index (χ2v) is 4.70. The van der Waals surface area contributed by atoms with Crippen LogP contribution in [0.4, 0.5) is 0 Å². The first-order valence-electron chi connectivity index (χ1n) is 3.86. The minimum absolute atomic E-state index is 0.0595. The maximum absolute atomic E-state index is 10.5. The summed E-state index contributed by atoms with van der Waals surface area (Å²) in [5.74, 6) is -0.815. The molecule has 13 heavy (non-hydrogen) atoms. The Morgan fingerprint density at radius 3 is 2.77 bits per heavy atom. The van der Waals surface area contributed by atoms with Crippen LogP contribution in [0, 0.1) is 6.92 Å². The quantitative estimate of drug-likeness (QED) is 0.762. The molecule has 1 aromatic heterocycles. The zero-order chi connectivity index (χ0) is 10.0. The lowest BCUT2D eigenvalue weighted by Crippen LogP contribution is -1.99. The summed E-state index contributed by atoms with van der Waals surface area (Å²) >= 11 is 5.67. The van der Waals surface area contributed by atoms with Crippen molar-refractivity contribution < 1.29 is 9.90 Å². The first-order chi connectivity index (χ1) is 6.00. The third kappa shape index (κ3) is 2.70. The molecule has 0 bridgehead atoms. The normalized spacial score (nSPS) is 12.8. The number of aromatic nitrogens is 1. The van der Waals surface area contributed by atoms with Gasteiger partial charge in [-0.05, 0) is 13.8 Å². The minimum atomic E-state index is -0.815. The summed E-state index contributed by atoms with van der Waals surface area (Å²) in [4.78, 5) is 15.5. The number of aliphatic carboxylic acids is 1. The van der Waals surface area contributed by atoms with Gasteiger partial charge in [0, 0.05) is 4.88 Å². The lowest BCUT2D eigenvalue weighted by atomic mass is 10.3. The molecule has 0 amide bonds. The molecule has 72 valence electrons.